The molecule has 3 rings (SSSR count). The van der Waals surface area contributed by atoms with E-state index >= 15 is 0 Å². The zero-order valence-corrected chi connectivity index (χ0v) is 17.7. The molecule has 29 heavy (non-hydrogen) atoms. The van der Waals surface area contributed by atoms with E-state index in [4.69, 9.17) is 17.3 Å². The first-order valence-electron chi connectivity index (χ1n) is 9.98. The number of carbonyl (C=O) groups excluding carboxylic acids is 1. The minimum Gasteiger partial charge on any atom is -0.508 e. The van der Waals surface area contributed by atoms with E-state index in [0.29, 0.717) is 10.6 Å². The number of nitrogens with zero attached hydrogens (tertiary/aromatic N) is 1. The lowest BCUT2D eigenvalue weighted by Gasteiger charge is -2.14. The van der Waals surface area contributed by atoms with Crippen LogP contribution < -0.4 is 5.73 Å². The van der Waals surface area contributed by atoms with Crippen molar-refractivity contribution in [2.45, 2.75) is 46.1 Å². The molecule has 0 aliphatic heterocycles. The summed E-state index contributed by atoms with van der Waals surface area (Å²) in [6.07, 6.45) is 3.70. The minimum atomic E-state index is -0.432. The number of aryl methyl sites for hydroxylation is 1. The van der Waals surface area contributed by atoms with Gasteiger partial charge in [0, 0.05) is 34.1 Å². The summed E-state index contributed by atoms with van der Waals surface area (Å²) in [5, 5.41) is 10.1. The van der Waals surface area contributed by atoms with Crippen molar-refractivity contribution >= 4 is 17.5 Å². The van der Waals surface area contributed by atoms with Gasteiger partial charge in [0.25, 0.3) is 5.91 Å². The third-order valence-corrected chi connectivity index (χ3v) is 5.68. The number of nitrogens with two attached hydrogens (primary N) is 1. The summed E-state index contributed by atoms with van der Waals surface area (Å²) in [5.74, 6) is -0.176. The molecule has 0 aliphatic carbocycles. The Hall–Kier alpha value is -2.72. The molecule has 0 bridgehead atoms. The maximum atomic E-state index is 12.4. The smallest absolute Gasteiger partial charge is 0.251 e. The third-order valence-electron chi connectivity index (χ3n) is 5.35. The second-order valence-electron chi connectivity index (χ2n) is 7.30. The number of aromatic nitrogens is 1. The van der Waals surface area contributed by atoms with Gasteiger partial charge in [-0.05, 0) is 49.9 Å². The highest BCUT2D eigenvalue weighted by Gasteiger charge is 2.25. The van der Waals surface area contributed by atoms with Crippen molar-refractivity contribution in [3.05, 3.63) is 76.1 Å². The number of carbonyl (C=O) groups is 1. The number of unbranched alkanes of at least 4 members (excludes halogenated alkanes) is 1. The maximum absolute atomic E-state index is 12.4. The molecule has 0 saturated carbocycles. The van der Waals surface area contributed by atoms with Gasteiger partial charge in [0.05, 0.1) is 5.56 Å². The highest BCUT2D eigenvalue weighted by atomic mass is 35.5. The van der Waals surface area contributed by atoms with Gasteiger partial charge in [-0.3, -0.25) is 4.79 Å². The Bertz CT molecular complexity index is 1010. The summed E-state index contributed by atoms with van der Waals surface area (Å²) in [4.78, 5) is 12.4. The Balaban J connectivity index is 2.11. The molecular weight excluding hydrogens is 384 g/mol. The number of hydrogen-bond donors (Lipinski definition) is 2. The highest BCUT2D eigenvalue weighted by Crippen LogP contribution is 2.37. The lowest BCUT2D eigenvalue weighted by molar-refractivity contribution is 0.1000. The van der Waals surface area contributed by atoms with Crippen LogP contribution in [0, 0.1) is 6.92 Å². The Labute approximate surface area is 176 Å². The zero-order valence-electron chi connectivity index (χ0n) is 16.9. The molecule has 0 spiro atoms. The van der Waals surface area contributed by atoms with Gasteiger partial charge in [0.1, 0.15) is 5.75 Å². The molecule has 152 valence electrons. The standard InChI is InChI=1S/C24H27ClN2O2/c1-3-4-9-21-23(19-7-5-6-8-20(19)25)22(24(26)29)16(2)27(21)15-14-17-10-12-18(28)13-11-17/h5-8,10-13,28H,3-4,9,14-15H2,1-2H3,(H2,26,29). The number of rotatable bonds is 8. The quantitative estimate of drug-likeness (QED) is 0.514. The molecule has 0 unspecified atom stereocenters. The summed E-state index contributed by atoms with van der Waals surface area (Å²) in [5.41, 5.74) is 11.2. The molecular formula is C24H27ClN2O2. The molecule has 4 nitrogen and oxygen atoms in total. The van der Waals surface area contributed by atoms with Crippen LogP contribution in [0.1, 0.15) is 47.1 Å². The van der Waals surface area contributed by atoms with Gasteiger partial charge in [0.15, 0.2) is 0 Å². The van der Waals surface area contributed by atoms with Crippen molar-refractivity contribution in [3.63, 3.8) is 0 Å². The average Bonchev–Trinajstić information content (AvgIpc) is 2.97. The Kier molecular flexibility index (Phi) is 6.65. The fourth-order valence-electron chi connectivity index (χ4n) is 3.86. The second-order valence-corrected chi connectivity index (χ2v) is 7.71. The van der Waals surface area contributed by atoms with Crippen LogP contribution in [0.25, 0.3) is 11.1 Å². The van der Waals surface area contributed by atoms with Gasteiger partial charge in [-0.1, -0.05) is 55.3 Å². The van der Waals surface area contributed by atoms with Crippen LogP contribution in [0.15, 0.2) is 48.5 Å². The van der Waals surface area contributed by atoms with Crippen LogP contribution in [0.5, 0.6) is 5.75 Å². The fourth-order valence-corrected chi connectivity index (χ4v) is 4.09. The number of halogens is 1. The summed E-state index contributed by atoms with van der Waals surface area (Å²) in [6, 6.07) is 14.8. The summed E-state index contributed by atoms with van der Waals surface area (Å²) < 4.78 is 2.21. The van der Waals surface area contributed by atoms with Crippen molar-refractivity contribution in [1.29, 1.82) is 0 Å². The second kappa shape index (κ2) is 9.19. The van der Waals surface area contributed by atoms with Crippen LogP contribution >= 0.6 is 11.6 Å². The van der Waals surface area contributed by atoms with Gasteiger partial charge >= 0.3 is 0 Å². The lowest BCUT2D eigenvalue weighted by Crippen LogP contribution is -2.14. The van der Waals surface area contributed by atoms with E-state index in [1.807, 2.05) is 43.3 Å². The van der Waals surface area contributed by atoms with Gasteiger partial charge in [0.2, 0.25) is 0 Å². The molecule has 0 aliphatic rings. The molecule has 0 atom stereocenters. The first-order valence-corrected chi connectivity index (χ1v) is 10.4. The Morgan fingerprint density at radius 2 is 1.79 bits per heavy atom. The van der Waals surface area contributed by atoms with Gasteiger partial charge in [-0.25, -0.2) is 0 Å². The fraction of sp³-hybridized carbons (Fsp3) is 0.292. The van der Waals surface area contributed by atoms with Crippen LogP contribution in [-0.2, 0) is 19.4 Å². The summed E-state index contributed by atoms with van der Waals surface area (Å²) in [7, 11) is 0. The van der Waals surface area contributed by atoms with Crippen LogP contribution in [0.2, 0.25) is 5.02 Å². The van der Waals surface area contributed by atoms with Gasteiger partial charge in [-0.15, -0.1) is 0 Å². The van der Waals surface area contributed by atoms with E-state index in [9.17, 15) is 9.90 Å². The van der Waals surface area contributed by atoms with E-state index in [0.717, 1.165) is 60.3 Å². The lowest BCUT2D eigenvalue weighted by atomic mass is 9.97. The van der Waals surface area contributed by atoms with E-state index in [1.165, 1.54) is 0 Å². The molecule has 1 aromatic heterocycles. The van der Waals surface area contributed by atoms with Crippen LogP contribution in [-0.4, -0.2) is 15.6 Å². The Morgan fingerprint density at radius 3 is 2.41 bits per heavy atom. The van der Waals surface area contributed by atoms with E-state index in [-0.39, 0.29) is 5.75 Å². The molecule has 2 aromatic carbocycles. The number of aromatic hydroxyl groups is 1. The summed E-state index contributed by atoms with van der Waals surface area (Å²) in [6.45, 7) is 4.83. The summed E-state index contributed by atoms with van der Waals surface area (Å²) >= 11 is 6.51. The third kappa shape index (κ3) is 4.48. The molecule has 3 aromatic rings. The monoisotopic (exact) mass is 410 g/mol. The van der Waals surface area contributed by atoms with Crippen molar-refractivity contribution in [3.8, 4) is 16.9 Å². The first kappa shape index (κ1) is 21.0. The van der Waals surface area contributed by atoms with Crippen LogP contribution in [0.3, 0.4) is 0 Å². The van der Waals surface area contributed by atoms with E-state index in [2.05, 4.69) is 11.5 Å². The predicted octanol–water partition coefficient (Wildman–Crippen LogP) is 5.51. The maximum Gasteiger partial charge on any atom is 0.251 e. The van der Waals surface area contributed by atoms with Gasteiger partial charge in [-0.2, -0.15) is 0 Å². The molecule has 0 saturated heterocycles. The van der Waals surface area contributed by atoms with Crippen LogP contribution in [0.4, 0.5) is 0 Å². The molecule has 3 N–H and O–H groups in total. The van der Waals surface area contributed by atoms with Crippen molar-refractivity contribution in [2.75, 3.05) is 0 Å². The van der Waals surface area contributed by atoms with Crippen molar-refractivity contribution < 1.29 is 9.90 Å². The zero-order chi connectivity index (χ0) is 21.0. The predicted molar refractivity (Wildman–Crippen MR) is 119 cm³/mol. The molecule has 1 heterocycles. The number of primary amides is 1. The van der Waals surface area contributed by atoms with Gasteiger partial charge < -0.3 is 15.4 Å². The minimum absolute atomic E-state index is 0.256. The van der Waals surface area contributed by atoms with E-state index < -0.39 is 5.91 Å². The molecule has 0 radical (unpaired) electrons. The topological polar surface area (TPSA) is 68.2 Å². The number of hydrogen-bond acceptors (Lipinski definition) is 2. The highest BCUT2D eigenvalue weighted by molar-refractivity contribution is 6.33. The number of benzene rings is 2. The largest absolute Gasteiger partial charge is 0.508 e. The average molecular weight is 411 g/mol. The normalized spacial score (nSPS) is 11.0. The molecule has 5 heteroatoms. The van der Waals surface area contributed by atoms with E-state index in [1.54, 1.807) is 12.1 Å². The van der Waals surface area contributed by atoms with Crippen molar-refractivity contribution in [1.82, 2.24) is 4.57 Å². The number of amides is 1. The van der Waals surface area contributed by atoms with Crippen molar-refractivity contribution in [2.24, 2.45) is 5.73 Å². The SMILES string of the molecule is CCCCc1c(-c2ccccc2Cl)c(C(N)=O)c(C)n1CCc1ccc(O)cc1. The number of phenols is 1. The number of phenolic OH excluding ortho intramolecular Hbond substituents is 1. The first-order chi connectivity index (χ1) is 13.9. The Morgan fingerprint density at radius 1 is 1.10 bits per heavy atom. The molecule has 0 fully saturated rings. The molecule has 1 amide bonds.